The van der Waals surface area contributed by atoms with Crippen LogP contribution < -0.4 is 0 Å². The highest BCUT2D eigenvalue weighted by atomic mass is 79.9. The van der Waals surface area contributed by atoms with E-state index in [1.54, 1.807) is 6.20 Å². The summed E-state index contributed by atoms with van der Waals surface area (Å²) < 4.78 is 1.03. The first-order valence-corrected chi connectivity index (χ1v) is 5.59. The largest absolute Gasteiger partial charge is 0.237 e. The van der Waals surface area contributed by atoms with E-state index in [4.69, 9.17) is 0 Å². The van der Waals surface area contributed by atoms with Crippen molar-refractivity contribution in [2.24, 2.45) is 4.99 Å². The van der Waals surface area contributed by atoms with Crippen LogP contribution in [0.3, 0.4) is 0 Å². The lowest BCUT2D eigenvalue weighted by molar-refractivity contribution is 0.622. The van der Waals surface area contributed by atoms with E-state index < -0.39 is 0 Å². The molecule has 2 heterocycles. The number of hydrogen-bond donors (Lipinski definition) is 0. The summed E-state index contributed by atoms with van der Waals surface area (Å²) in [4.78, 5) is 8.82. The summed E-state index contributed by atoms with van der Waals surface area (Å²) in [6.45, 7) is 6.50. The third kappa shape index (κ3) is 1.22. The molecule has 1 aliphatic heterocycles. The maximum atomic E-state index is 4.50. The number of aromatic nitrogens is 1. The molecule has 1 aromatic rings. The highest BCUT2D eigenvalue weighted by Crippen LogP contribution is 2.41. The van der Waals surface area contributed by atoms with E-state index in [1.807, 2.05) is 0 Å². The third-order valence-electron chi connectivity index (χ3n) is 3.21. The molecule has 14 heavy (non-hydrogen) atoms. The summed E-state index contributed by atoms with van der Waals surface area (Å²) in [7, 11) is 0. The Balaban J connectivity index is 2.62. The molecule has 1 aliphatic rings. The molecule has 1 aromatic heterocycles. The zero-order valence-electron chi connectivity index (χ0n) is 8.63. The molecule has 1 unspecified atom stereocenters. The van der Waals surface area contributed by atoms with Gasteiger partial charge in [-0.2, -0.15) is 0 Å². The van der Waals surface area contributed by atoms with Gasteiger partial charge < -0.3 is 0 Å². The zero-order valence-corrected chi connectivity index (χ0v) is 10.2. The van der Waals surface area contributed by atoms with E-state index >= 15 is 0 Å². The average molecular weight is 253 g/mol. The van der Waals surface area contributed by atoms with Gasteiger partial charge in [0.2, 0.25) is 0 Å². The molecule has 2 rings (SSSR count). The van der Waals surface area contributed by atoms with Gasteiger partial charge in [-0.1, -0.05) is 13.8 Å². The van der Waals surface area contributed by atoms with Crippen molar-refractivity contribution in [1.29, 1.82) is 0 Å². The van der Waals surface area contributed by atoms with Crippen LogP contribution >= 0.6 is 15.9 Å². The van der Waals surface area contributed by atoms with Gasteiger partial charge in [-0.15, -0.1) is 0 Å². The molecular weight excluding hydrogens is 240 g/mol. The van der Waals surface area contributed by atoms with Crippen molar-refractivity contribution in [2.75, 3.05) is 0 Å². The van der Waals surface area contributed by atoms with Crippen molar-refractivity contribution >= 4 is 27.5 Å². The standard InChI is InChI=1S/C11H13BrN2/c1-4-11(3)7(2)14-10-9(11)5-8(12)6-13-10/h5-6H,4H2,1-3H3. The SMILES string of the molecule is CCC1(C)C(C)=Nc2ncc(Br)cc21. The van der Waals surface area contributed by atoms with Crippen LogP contribution in [0.15, 0.2) is 21.7 Å². The summed E-state index contributed by atoms with van der Waals surface area (Å²) in [6.07, 6.45) is 2.87. The van der Waals surface area contributed by atoms with E-state index in [0.29, 0.717) is 0 Å². The lowest BCUT2D eigenvalue weighted by Gasteiger charge is -2.23. The predicted molar refractivity (Wildman–Crippen MR) is 62.3 cm³/mol. The smallest absolute Gasteiger partial charge is 0.155 e. The predicted octanol–water partition coefficient (Wildman–Crippen LogP) is 3.62. The summed E-state index contributed by atoms with van der Waals surface area (Å²) in [6, 6.07) is 2.13. The first-order chi connectivity index (χ1) is 6.58. The molecule has 0 fully saturated rings. The van der Waals surface area contributed by atoms with Crippen LogP contribution in [0, 0.1) is 0 Å². The van der Waals surface area contributed by atoms with Crippen LogP contribution in [0.4, 0.5) is 5.82 Å². The van der Waals surface area contributed by atoms with Crippen molar-refractivity contribution in [3.8, 4) is 0 Å². The molecule has 0 radical (unpaired) electrons. The quantitative estimate of drug-likeness (QED) is 0.750. The molecule has 1 atom stereocenters. The lowest BCUT2D eigenvalue weighted by atomic mass is 9.78. The minimum Gasteiger partial charge on any atom is -0.237 e. The van der Waals surface area contributed by atoms with Crippen molar-refractivity contribution in [3.05, 3.63) is 22.3 Å². The Kier molecular flexibility index (Phi) is 2.22. The number of aliphatic imine (C=N–C) groups is 1. The number of hydrogen-bond acceptors (Lipinski definition) is 2. The summed E-state index contributed by atoms with van der Waals surface area (Å²) >= 11 is 3.45. The topological polar surface area (TPSA) is 25.2 Å². The molecule has 0 bridgehead atoms. The van der Waals surface area contributed by atoms with Crippen LogP contribution in [0.25, 0.3) is 0 Å². The third-order valence-corrected chi connectivity index (χ3v) is 3.64. The highest BCUT2D eigenvalue weighted by molar-refractivity contribution is 9.10. The first kappa shape index (κ1) is 9.84. The molecule has 0 aliphatic carbocycles. The fourth-order valence-corrected chi connectivity index (χ4v) is 2.18. The van der Waals surface area contributed by atoms with Gasteiger partial charge in [0, 0.05) is 27.4 Å². The first-order valence-electron chi connectivity index (χ1n) is 4.79. The average Bonchev–Trinajstić information content (AvgIpc) is 2.41. The number of rotatable bonds is 1. The molecule has 0 saturated carbocycles. The van der Waals surface area contributed by atoms with Crippen molar-refractivity contribution in [3.63, 3.8) is 0 Å². The number of pyridine rings is 1. The molecule has 0 amide bonds. The summed E-state index contributed by atoms with van der Waals surface area (Å²) in [5.41, 5.74) is 2.49. The van der Waals surface area contributed by atoms with Crippen molar-refractivity contribution in [1.82, 2.24) is 4.98 Å². The molecule has 2 nitrogen and oxygen atoms in total. The fourth-order valence-electron chi connectivity index (χ4n) is 1.85. The van der Waals surface area contributed by atoms with Crippen molar-refractivity contribution < 1.29 is 0 Å². The normalized spacial score (nSPS) is 24.7. The number of nitrogens with zero attached hydrogens (tertiary/aromatic N) is 2. The Morgan fingerprint density at radius 1 is 1.50 bits per heavy atom. The Labute approximate surface area is 92.6 Å². The van der Waals surface area contributed by atoms with Crippen LogP contribution in [-0.2, 0) is 5.41 Å². The molecule has 0 spiro atoms. The van der Waals surface area contributed by atoms with E-state index in [9.17, 15) is 0 Å². The van der Waals surface area contributed by atoms with Crippen molar-refractivity contribution in [2.45, 2.75) is 32.6 Å². The van der Waals surface area contributed by atoms with Gasteiger partial charge in [0.15, 0.2) is 5.82 Å². The van der Waals surface area contributed by atoms with Gasteiger partial charge in [-0.3, -0.25) is 0 Å². The van der Waals surface area contributed by atoms with E-state index in [2.05, 4.69) is 52.7 Å². The fraction of sp³-hybridized carbons (Fsp3) is 0.455. The van der Waals surface area contributed by atoms with Gasteiger partial charge >= 0.3 is 0 Å². The molecule has 0 saturated heterocycles. The molecule has 74 valence electrons. The van der Waals surface area contributed by atoms with Gasteiger partial charge in [0.25, 0.3) is 0 Å². The molecular formula is C11H13BrN2. The van der Waals surface area contributed by atoms with Crippen LogP contribution in [0.5, 0.6) is 0 Å². The Morgan fingerprint density at radius 2 is 2.21 bits per heavy atom. The Bertz CT molecular complexity index is 412. The molecule has 3 heteroatoms. The van der Waals surface area contributed by atoms with Gasteiger partial charge in [-0.25, -0.2) is 9.98 Å². The van der Waals surface area contributed by atoms with Gasteiger partial charge in [0.1, 0.15) is 0 Å². The van der Waals surface area contributed by atoms with Crippen LogP contribution in [-0.4, -0.2) is 10.7 Å². The number of fused-ring (bicyclic) bond motifs is 1. The zero-order chi connectivity index (χ0) is 10.3. The second-order valence-electron chi connectivity index (χ2n) is 3.91. The van der Waals surface area contributed by atoms with Gasteiger partial charge in [0.05, 0.1) is 0 Å². The minimum absolute atomic E-state index is 0.0755. The summed E-state index contributed by atoms with van der Waals surface area (Å²) in [5.74, 6) is 0.884. The molecule has 0 N–H and O–H groups in total. The number of halogens is 1. The van der Waals surface area contributed by atoms with Crippen LogP contribution in [0.1, 0.15) is 32.8 Å². The lowest BCUT2D eigenvalue weighted by Crippen LogP contribution is -2.26. The maximum absolute atomic E-state index is 4.50. The minimum atomic E-state index is 0.0755. The van der Waals surface area contributed by atoms with E-state index in [-0.39, 0.29) is 5.41 Å². The van der Waals surface area contributed by atoms with E-state index in [0.717, 1.165) is 16.7 Å². The monoisotopic (exact) mass is 252 g/mol. The Morgan fingerprint density at radius 3 is 2.86 bits per heavy atom. The second-order valence-corrected chi connectivity index (χ2v) is 4.82. The maximum Gasteiger partial charge on any atom is 0.155 e. The highest BCUT2D eigenvalue weighted by Gasteiger charge is 2.35. The second kappa shape index (κ2) is 3.16. The molecule has 0 aromatic carbocycles. The Hall–Kier alpha value is -0.700. The van der Waals surface area contributed by atoms with E-state index in [1.165, 1.54) is 11.3 Å². The van der Waals surface area contributed by atoms with Crippen LogP contribution in [0.2, 0.25) is 0 Å². The van der Waals surface area contributed by atoms with Gasteiger partial charge in [-0.05, 0) is 35.3 Å². The summed E-state index contributed by atoms with van der Waals surface area (Å²) in [5, 5.41) is 0.